The lowest BCUT2D eigenvalue weighted by atomic mass is 9.81. The normalized spacial score (nSPS) is 15.0. The standard InChI is InChI=1S/C29H57NO4/c1-10-14-16-23(12-3)20-33-26(31)18-25(19-30-29(8,9)22-28(5,6)7)27(32)34-21-24(13-4)17-15-11-2/h23-25,30H,10-22H2,1-9H3. The predicted octanol–water partition coefficient (Wildman–Crippen LogP) is 7.32. The molecular weight excluding hydrogens is 426 g/mol. The summed E-state index contributed by atoms with van der Waals surface area (Å²) in [6.07, 6.45) is 9.73. The molecule has 0 saturated heterocycles. The van der Waals surface area contributed by atoms with E-state index in [9.17, 15) is 9.59 Å². The minimum Gasteiger partial charge on any atom is -0.465 e. The first-order valence-corrected chi connectivity index (χ1v) is 13.9. The minimum atomic E-state index is -0.536. The molecule has 0 radical (unpaired) electrons. The number of unbranched alkanes of at least 4 members (excludes halogenated alkanes) is 2. The Balaban J connectivity index is 5.10. The third-order valence-electron chi connectivity index (χ3n) is 6.57. The monoisotopic (exact) mass is 483 g/mol. The van der Waals surface area contributed by atoms with Gasteiger partial charge in [-0.25, -0.2) is 0 Å². The van der Waals surface area contributed by atoms with Crippen molar-refractivity contribution in [1.29, 1.82) is 0 Å². The molecule has 1 N–H and O–H groups in total. The summed E-state index contributed by atoms with van der Waals surface area (Å²) in [5.41, 5.74) is 0.00788. The molecule has 0 aromatic rings. The molecular formula is C29H57NO4. The lowest BCUT2D eigenvalue weighted by molar-refractivity contribution is -0.156. The van der Waals surface area contributed by atoms with Crippen molar-refractivity contribution in [3.8, 4) is 0 Å². The van der Waals surface area contributed by atoms with Crippen LogP contribution in [-0.4, -0.2) is 37.2 Å². The van der Waals surface area contributed by atoms with Gasteiger partial charge in [0.05, 0.1) is 25.6 Å². The SMILES string of the molecule is CCCCC(CC)COC(=O)CC(CNC(C)(C)CC(C)(C)C)C(=O)OCC(CC)CCCC. The van der Waals surface area contributed by atoms with Crippen LogP contribution in [0.15, 0.2) is 0 Å². The highest BCUT2D eigenvalue weighted by molar-refractivity contribution is 5.80. The zero-order valence-corrected chi connectivity index (χ0v) is 24.1. The molecule has 0 aliphatic heterocycles. The van der Waals surface area contributed by atoms with E-state index in [2.05, 4.69) is 67.6 Å². The molecule has 5 heteroatoms. The Morgan fingerprint density at radius 2 is 1.29 bits per heavy atom. The Hall–Kier alpha value is -1.10. The molecule has 202 valence electrons. The molecule has 0 amide bonds. The Bertz CT molecular complexity index is 553. The predicted molar refractivity (Wildman–Crippen MR) is 143 cm³/mol. The van der Waals surface area contributed by atoms with Crippen LogP contribution >= 0.6 is 0 Å². The number of carbonyl (C=O) groups is 2. The molecule has 0 rings (SSSR count). The van der Waals surface area contributed by atoms with Gasteiger partial charge in [0.15, 0.2) is 0 Å². The molecule has 0 bridgehead atoms. The van der Waals surface area contributed by atoms with Crippen LogP contribution in [0.25, 0.3) is 0 Å². The van der Waals surface area contributed by atoms with Gasteiger partial charge in [-0.15, -0.1) is 0 Å². The fraction of sp³-hybridized carbons (Fsp3) is 0.931. The second kappa shape index (κ2) is 17.3. The highest BCUT2D eigenvalue weighted by Crippen LogP contribution is 2.27. The molecule has 0 aromatic carbocycles. The molecule has 3 atom stereocenters. The molecule has 0 aliphatic rings. The van der Waals surface area contributed by atoms with Crippen molar-refractivity contribution >= 4 is 11.9 Å². The van der Waals surface area contributed by atoms with E-state index in [0.29, 0.717) is 31.6 Å². The summed E-state index contributed by atoms with van der Waals surface area (Å²) < 4.78 is 11.3. The van der Waals surface area contributed by atoms with Crippen LogP contribution < -0.4 is 5.32 Å². The summed E-state index contributed by atoms with van der Waals surface area (Å²) in [5.74, 6) is -0.354. The van der Waals surface area contributed by atoms with Crippen molar-refractivity contribution in [3.63, 3.8) is 0 Å². The van der Waals surface area contributed by atoms with Crippen LogP contribution in [0.5, 0.6) is 0 Å². The maximum Gasteiger partial charge on any atom is 0.310 e. The van der Waals surface area contributed by atoms with Crippen molar-refractivity contribution in [1.82, 2.24) is 5.32 Å². The van der Waals surface area contributed by atoms with Crippen molar-refractivity contribution in [2.45, 2.75) is 132 Å². The Morgan fingerprint density at radius 1 is 0.794 bits per heavy atom. The summed E-state index contributed by atoms with van der Waals surface area (Å²) in [6, 6.07) is 0. The average Bonchev–Trinajstić information content (AvgIpc) is 2.75. The van der Waals surface area contributed by atoms with Gasteiger partial charge in [0, 0.05) is 12.1 Å². The molecule has 0 saturated carbocycles. The van der Waals surface area contributed by atoms with E-state index in [1.54, 1.807) is 0 Å². The van der Waals surface area contributed by atoms with Crippen LogP contribution in [0, 0.1) is 23.2 Å². The fourth-order valence-corrected chi connectivity index (χ4v) is 4.61. The lowest BCUT2D eigenvalue weighted by Crippen LogP contribution is -2.46. The van der Waals surface area contributed by atoms with E-state index >= 15 is 0 Å². The lowest BCUT2D eigenvalue weighted by Gasteiger charge is -2.34. The Labute approximate surface area is 211 Å². The van der Waals surface area contributed by atoms with Crippen LogP contribution in [0.4, 0.5) is 0 Å². The first-order valence-electron chi connectivity index (χ1n) is 13.9. The summed E-state index contributed by atoms with van der Waals surface area (Å²) in [6.45, 7) is 20.8. The number of ether oxygens (including phenoxy) is 2. The van der Waals surface area contributed by atoms with Gasteiger partial charge in [0.1, 0.15) is 0 Å². The fourth-order valence-electron chi connectivity index (χ4n) is 4.61. The number of nitrogens with one attached hydrogen (secondary N) is 1. The number of carbonyl (C=O) groups excluding carboxylic acids is 2. The average molecular weight is 484 g/mol. The topological polar surface area (TPSA) is 64.6 Å². The van der Waals surface area contributed by atoms with Crippen LogP contribution in [0.3, 0.4) is 0 Å². The van der Waals surface area contributed by atoms with E-state index in [-0.39, 0.29) is 29.3 Å². The van der Waals surface area contributed by atoms with Gasteiger partial charge in [-0.05, 0) is 50.4 Å². The Morgan fingerprint density at radius 3 is 1.74 bits per heavy atom. The van der Waals surface area contributed by atoms with Gasteiger partial charge in [-0.1, -0.05) is 87.0 Å². The summed E-state index contributed by atoms with van der Waals surface area (Å²) in [5, 5.41) is 3.53. The number of rotatable bonds is 19. The van der Waals surface area contributed by atoms with Crippen LogP contribution in [0.2, 0.25) is 0 Å². The molecule has 5 nitrogen and oxygen atoms in total. The van der Waals surface area contributed by atoms with Gasteiger partial charge in [-0.2, -0.15) is 0 Å². The molecule has 0 aliphatic carbocycles. The van der Waals surface area contributed by atoms with Gasteiger partial charge >= 0.3 is 11.9 Å². The van der Waals surface area contributed by atoms with E-state index in [4.69, 9.17) is 9.47 Å². The molecule has 0 aromatic heterocycles. The zero-order valence-electron chi connectivity index (χ0n) is 24.1. The third-order valence-corrected chi connectivity index (χ3v) is 6.57. The maximum atomic E-state index is 13.0. The molecule has 0 spiro atoms. The third kappa shape index (κ3) is 16.5. The molecule has 0 heterocycles. The van der Waals surface area contributed by atoms with Crippen LogP contribution in [-0.2, 0) is 19.1 Å². The van der Waals surface area contributed by atoms with E-state index in [1.165, 1.54) is 0 Å². The summed E-state index contributed by atoms with van der Waals surface area (Å²) in [4.78, 5) is 25.7. The van der Waals surface area contributed by atoms with Crippen molar-refractivity contribution in [2.24, 2.45) is 23.2 Å². The van der Waals surface area contributed by atoms with Crippen molar-refractivity contribution < 1.29 is 19.1 Å². The highest BCUT2D eigenvalue weighted by Gasteiger charge is 2.30. The van der Waals surface area contributed by atoms with E-state index in [0.717, 1.165) is 57.8 Å². The van der Waals surface area contributed by atoms with Crippen molar-refractivity contribution in [3.05, 3.63) is 0 Å². The van der Waals surface area contributed by atoms with Crippen molar-refractivity contribution in [2.75, 3.05) is 19.8 Å². The van der Waals surface area contributed by atoms with E-state index < -0.39 is 5.92 Å². The molecule has 0 fully saturated rings. The quantitative estimate of drug-likeness (QED) is 0.195. The zero-order chi connectivity index (χ0) is 26.2. The number of hydrogen-bond acceptors (Lipinski definition) is 5. The number of esters is 2. The highest BCUT2D eigenvalue weighted by atomic mass is 16.5. The maximum absolute atomic E-state index is 13.0. The number of hydrogen-bond donors (Lipinski definition) is 1. The second-order valence-electron chi connectivity index (χ2n) is 12.0. The first-order chi connectivity index (χ1) is 15.9. The van der Waals surface area contributed by atoms with Gasteiger partial charge in [0.25, 0.3) is 0 Å². The smallest absolute Gasteiger partial charge is 0.310 e. The Kier molecular flexibility index (Phi) is 16.8. The first kappa shape index (κ1) is 32.9. The second-order valence-corrected chi connectivity index (χ2v) is 12.0. The molecule has 3 unspecified atom stereocenters. The van der Waals surface area contributed by atoms with E-state index in [1.807, 2.05) is 0 Å². The van der Waals surface area contributed by atoms with Gasteiger partial charge < -0.3 is 14.8 Å². The van der Waals surface area contributed by atoms with Crippen LogP contribution in [0.1, 0.15) is 127 Å². The largest absolute Gasteiger partial charge is 0.465 e. The summed E-state index contributed by atoms with van der Waals surface area (Å²) in [7, 11) is 0. The van der Waals surface area contributed by atoms with Gasteiger partial charge in [-0.3, -0.25) is 9.59 Å². The minimum absolute atomic E-state index is 0.0629. The summed E-state index contributed by atoms with van der Waals surface area (Å²) >= 11 is 0. The van der Waals surface area contributed by atoms with Gasteiger partial charge in [0.2, 0.25) is 0 Å². The molecule has 34 heavy (non-hydrogen) atoms.